The summed E-state index contributed by atoms with van der Waals surface area (Å²) in [4.78, 5) is 0. The van der Waals surface area contributed by atoms with Crippen molar-refractivity contribution in [2.45, 2.75) is 24.7 Å². The standard InChI is InChI=1S/C13H14ClFO3S/c1-18-11-3-2-9(15)4-10(11)13-5-12(6-13,7-13)8-19(14,16)17/h2-4H,5-8H2,1H3. The fourth-order valence-electron chi connectivity index (χ4n) is 3.90. The maximum atomic E-state index is 13.4. The Labute approximate surface area is 116 Å². The molecule has 0 N–H and O–H groups in total. The van der Waals surface area contributed by atoms with Crippen molar-refractivity contribution < 1.29 is 17.5 Å². The average molecular weight is 305 g/mol. The first-order chi connectivity index (χ1) is 8.78. The number of hydrogen-bond donors (Lipinski definition) is 0. The zero-order valence-corrected chi connectivity index (χ0v) is 12.0. The van der Waals surface area contributed by atoms with E-state index in [9.17, 15) is 12.8 Å². The molecule has 0 amide bonds. The van der Waals surface area contributed by atoms with Crippen LogP contribution in [0, 0.1) is 11.2 Å². The van der Waals surface area contributed by atoms with E-state index in [1.165, 1.54) is 12.1 Å². The molecule has 104 valence electrons. The zero-order valence-electron chi connectivity index (χ0n) is 10.4. The van der Waals surface area contributed by atoms with E-state index in [1.807, 2.05) is 0 Å². The highest BCUT2D eigenvalue weighted by Gasteiger charge is 2.69. The van der Waals surface area contributed by atoms with Gasteiger partial charge in [-0.15, -0.1) is 0 Å². The molecule has 1 aromatic rings. The Balaban J connectivity index is 1.84. The second kappa shape index (κ2) is 3.85. The highest BCUT2D eigenvalue weighted by molar-refractivity contribution is 8.13. The molecule has 3 aliphatic carbocycles. The number of ether oxygens (including phenoxy) is 1. The second-order valence-electron chi connectivity index (χ2n) is 5.84. The minimum Gasteiger partial charge on any atom is -0.496 e. The number of rotatable bonds is 4. The molecule has 0 aromatic heterocycles. The van der Waals surface area contributed by atoms with Gasteiger partial charge in [0.1, 0.15) is 11.6 Å². The summed E-state index contributed by atoms with van der Waals surface area (Å²) in [5, 5.41) is 0. The van der Waals surface area contributed by atoms with Crippen molar-refractivity contribution in [2.24, 2.45) is 5.41 Å². The molecule has 0 radical (unpaired) electrons. The summed E-state index contributed by atoms with van der Waals surface area (Å²) in [6.45, 7) is 0. The van der Waals surface area contributed by atoms with Crippen LogP contribution in [-0.2, 0) is 14.5 Å². The monoisotopic (exact) mass is 304 g/mol. The van der Waals surface area contributed by atoms with Gasteiger partial charge in [-0.1, -0.05) is 0 Å². The van der Waals surface area contributed by atoms with Gasteiger partial charge in [-0.25, -0.2) is 12.8 Å². The minimum atomic E-state index is -3.47. The first kappa shape index (κ1) is 13.2. The highest BCUT2D eigenvalue weighted by atomic mass is 35.7. The average Bonchev–Trinajstić information content (AvgIpc) is 2.20. The molecule has 3 aliphatic rings. The number of methoxy groups -OCH3 is 1. The fraction of sp³-hybridized carbons (Fsp3) is 0.538. The predicted molar refractivity (Wildman–Crippen MR) is 70.6 cm³/mol. The van der Waals surface area contributed by atoms with E-state index >= 15 is 0 Å². The molecule has 3 fully saturated rings. The van der Waals surface area contributed by atoms with Crippen molar-refractivity contribution in [3.63, 3.8) is 0 Å². The Bertz CT molecular complexity index is 622. The van der Waals surface area contributed by atoms with Gasteiger partial charge in [0.15, 0.2) is 0 Å². The summed E-state index contributed by atoms with van der Waals surface area (Å²) in [5.41, 5.74) is 0.538. The lowest BCUT2D eigenvalue weighted by Crippen LogP contribution is -2.66. The topological polar surface area (TPSA) is 43.4 Å². The molecular formula is C13H14ClFO3S. The summed E-state index contributed by atoms with van der Waals surface area (Å²) in [5.74, 6) is 0.393. The van der Waals surface area contributed by atoms with Gasteiger partial charge in [-0.3, -0.25) is 0 Å². The van der Waals surface area contributed by atoms with Gasteiger partial charge in [-0.05, 0) is 42.9 Å². The van der Waals surface area contributed by atoms with Crippen LogP contribution < -0.4 is 4.74 Å². The van der Waals surface area contributed by atoms with Crippen LogP contribution in [0.15, 0.2) is 18.2 Å². The van der Waals surface area contributed by atoms with Crippen LogP contribution in [0.4, 0.5) is 4.39 Å². The molecule has 4 rings (SSSR count). The highest BCUT2D eigenvalue weighted by Crippen LogP contribution is 2.75. The van der Waals surface area contributed by atoms with Gasteiger partial charge >= 0.3 is 0 Å². The van der Waals surface area contributed by atoms with Gasteiger partial charge in [0.05, 0.1) is 12.9 Å². The van der Waals surface area contributed by atoms with Crippen LogP contribution in [0.2, 0.25) is 0 Å². The van der Waals surface area contributed by atoms with Crippen LogP contribution in [0.25, 0.3) is 0 Å². The van der Waals surface area contributed by atoms with Gasteiger partial charge < -0.3 is 4.74 Å². The molecule has 1 aromatic carbocycles. The molecule has 3 nitrogen and oxygen atoms in total. The number of hydrogen-bond acceptors (Lipinski definition) is 3. The summed E-state index contributed by atoms with van der Waals surface area (Å²) >= 11 is 0. The number of halogens is 2. The first-order valence-corrected chi connectivity index (χ1v) is 8.52. The Morgan fingerprint density at radius 1 is 1.37 bits per heavy atom. The molecule has 0 unspecified atom stereocenters. The van der Waals surface area contributed by atoms with E-state index < -0.39 is 9.05 Å². The van der Waals surface area contributed by atoms with Crippen LogP contribution >= 0.6 is 10.7 Å². The van der Waals surface area contributed by atoms with Crippen LogP contribution in [0.1, 0.15) is 24.8 Å². The summed E-state index contributed by atoms with van der Waals surface area (Å²) < 4.78 is 41.0. The van der Waals surface area contributed by atoms with Gasteiger partial charge in [-0.2, -0.15) is 0 Å². The molecule has 3 saturated carbocycles. The molecule has 0 heterocycles. The normalized spacial score (nSPS) is 32.4. The van der Waals surface area contributed by atoms with E-state index in [2.05, 4.69) is 0 Å². The second-order valence-corrected chi connectivity index (χ2v) is 8.62. The van der Waals surface area contributed by atoms with E-state index in [0.29, 0.717) is 5.75 Å². The van der Waals surface area contributed by atoms with E-state index in [4.69, 9.17) is 15.4 Å². The Hall–Kier alpha value is -0.810. The summed E-state index contributed by atoms with van der Waals surface area (Å²) in [6.07, 6.45) is 2.23. The third-order valence-electron chi connectivity index (χ3n) is 4.35. The summed E-state index contributed by atoms with van der Waals surface area (Å²) in [6, 6.07) is 4.49. The van der Waals surface area contributed by atoms with Crippen molar-refractivity contribution in [2.75, 3.05) is 12.9 Å². The van der Waals surface area contributed by atoms with Crippen molar-refractivity contribution in [1.29, 1.82) is 0 Å². The molecular weight excluding hydrogens is 291 g/mol. The largest absolute Gasteiger partial charge is 0.496 e. The first-order valence-electron chi connectivity index (χ1n) is 6.04. The zero-order chi connectivity index (χ0) is 13.9. The molecule has 2 bridgehead atoms. The van der Waals surface area contributed by atoms with Gasteiger partial charge in [0.25, 0.3) is 0 Å². The summed E-state index contributed by atoms with van der Waals surface area (Å²) in [7, 11) is 3.40. The molecule has 0 saturated heterocycles. The molecule has 0 aliphatic heterocycles. The smallest absolute Gasteiger partial charge is 0.233 e. The van der Waals surface area contributed by atoms with E-state index in [0.717, 1.165) is 24.8 Å². The van der Waals surface area contributed by atoms with Crippen molar-refractivity contribution in [3.05, 3.63) is 29.6 Å². The van der Waals surface area contributed by atoms with Crippen molar-refractivity contribution >= 4 is 19.7 Å². The lowest BCUT2D eigenvalue weighted by Gasteiger charge is -2.71. The van der Waals surface area contributed by atoms with Gasteiger partial charge in [0.2, 0.25) is 9.05 Å². The maximum absolute atomic E-state index is 13.4. The maximum Gasteiger partial charge on any atom is 0.233 e. The van der Waals surface area contributed by atoms with Crippen molar-refractivity contribution in [3.8, 4) is 5.75 Å². The molecule has 0 spiro atoms. The van der Waals surface area contributed by atoms with Crippen LogP contribution in [-0.4, -0.2) is 21.3 Å². The Morgan fingerprint density at radius 3 is 2.53 bits per heavy atom. The lowest BCUT2D eigenvalue weighted by molar-refractivity contribution is -0.123. The van der Waals surface area contributed by atoms with Gasteiger partial charge in [0, 0.05) is 21.7 Å². The van der Waals surface area contributed by atoms with E-state index in [-0.39, 0.29) is 22.4 Å². The van der Waals surface area contributed by atoms with Crippen LogP contribution in [0.3, 0.4) is 0 Å². The Morgan fingerprint density at radius 2 is 2.00 bits per heavy atom. The SMILES string of the molecule is COc1ccc(F)cc1C12CC(CS(=O)(=O)Cl)(C1)C2. The minimum absolute atomic E-state index is 0.0148. The fourth-order valence-corrected chi connectivity index (χ4v) is 5.63. The Kier molecular flexibility index (Phi) is 2.68. The van der Waals surface area contributed by atoms with Crippen molar-refractivity contribution in [1.82, 2.24) is 0 Å². The molecule has 6 heteroatoms. The molecule has 19 heavy (non-hydrogen) atoms. The van der Waals surface area contributed by atoms with Crippen LogP contribution in [0.5, 0.6) is 5.75 Å². The quantitative estimate of drug-likeness (QED) is 0.803. The third-order valence-corrected chi connectivity index (χ3v) is 5.64. The lowest BCUT2D eigenvalue weighted by atomic mass is 9.34. The molecule has 0 atom stereocenters. The predicted octanol–water partition coefficient (Wildman–Crippen LogP) is 2.82. The van der Waals surface area contributed by atoms with E-state index in [1.54, 1.807) is 13.2 Å². The third kappa shape index (κ3) is 2.03. The number of benzene rings is 1.